The topological polar surface area (TPSA) is 52.2 Å². The van der Waals surface area contributed by atoms with E-state index in [4.69, 9.17) is 5.26 Å². The first-order valence-corrected chi connectivity index (χ1v) is 6.91. The van der Waals surface area contributed by atoms with Crippen molar-refractivity contribution in [2.45, 2.75) is 44.8 Å². The molecule has 0 unspecified atom stereocenters. The summed E-state index contributed by atoms with van der Waals surface area (Å²) in [7, 11) is 3.96. The van der Waals surface area contributed by atoms with Crippen molar-refractivity contribution in [2.75, 3.05) is 13.6 Å². The predicted molar refractivity (Wildman–Crippen MR) is 74.6 cm³/mol. The lowest BCUT2D eigenvalue weighted by Gasteiger charge is -2.28. The van der Waals surface area contributed by atoms with Gasteiger partial charge in [-0.05, 0) is 38.4 Å². The Morgan fingerprint density at radius 1 is 1.47 bits per heavy atom. The lowest BCUT2D eigenvalue weighted by atomic mass is 10.0. The standard InChI is InChI=1S/C15H23N3O/c1-12-13(8-14(9-16)18(12)3)10-17(2)11-15(19)6-4-5-7-15/h8,19H,4-7,10-11H2,1-3H3. The largest absolute Gasteiger partial charge is 0.389 e. The summed E-state index contributed by atoms with van der Waals surface area (Å²) < 4.78 is 1.92. The van der Waals surface area contributed by atoms with Gasteiger partial charge in [0, 0.05) is 25.8 Å². The highest BCUT2D eigenvalue weighted by Gasteiger charge is 2.32. The van der Waals surface area contributed by atoms with E-state index in [0.717, 1.165) is 37.9 Å². The van der Waals surface area contributed by atoms with Crippen LogP contribution in [0.4, 0.5) is 0 Å². The quantitative estimate of drug-likeness (QED) is 0.901. The van der Waals surface area contributed by atoms with Crippen molar-refractivity contribution in [3.8, 4) is 6.07 Å². The maximum absolute atomic E-state index is 10.4. The summed E-state index contributed by atoms with van der Waals surface area (Å²) in [5.41, 5.74) is 2.49. The van der Waals surface area contributed by atoms with Gasteiger partial charge < -0.3 is 9.67 Å². The molecule has 0 atom stereocenters. The third-order valence-electron chi connectivity index (χ3n) is 4.29. The van der Waals surface area contributed by atoms with Crippen molar-refractivity contribution in [1.29, 1.82) is 5.26 Å². The minimum atomic E-state index is -0.504. The van der Waals surface area contributed by atoms with Gasteiger partial charge in [-0.15, -0.1) is 0 Å². The van der Waals surface area contributed by atoms with E-state index in [1.807, 2.05) is 31.7 Å². The third-order valence-corrected chi connectivity index (χ3v) is 4.29. The van der Waals surface area contributed by atoms with E-state index < -0.39 is 5.60 Å². The first kappa shape index (κ1) is 14.1. The molecule has 104 valence electrons. The zero-order chi connectivity index (χ0) is 14.0. The highest BCUT2D eigenvalue weighted by Crippen LogP contribution is 2.30. The van der Waals surface area contributed by atoms with Crippen LogP contribution in [0.1, 0.15) is 42.6 Å². The number of aliphatic hydroxyl groups is 1. The summed E-state index contributed by atoms with van der Waals surface area (Å²) in [6.07, 6.45) is 4.09. The predicted octanol–water partition coefficient (Wildman–Crippen LogP) is 1.94. The molecule has 0 aliphatic heterocycles. The van der Waals surface area contributed by atoms with Crippen LogP contribution in [0.15, 0.2) is 6.07 Å². The zero-order valence-corrected chi connectivity index (χ0v) is 12.1. The second kappa shape index (κ2) is 5.36. The maximum Gasteiger partial charge on any atom is 0.120 e. The van der Waals surface area contributed by atoms with Crippen LogP contribution in [-0.2, 0) is 13.6 Å². The summed E-state index contributed by atoms with van der Waals surface area (Å²) in [5.74, 6) is 0. The zero-order valence-electron chi connectivity index (χ0n) is 12.1. The number of aromatic nitrogens is 1. The average Bonchev–Trinajstić information content (AvgIpc) is 2.88. The first-order chi connectivity index (χ1) is 8.95. The Morgan fingerprint density at radius 3 is 2.63 bits per heavy atom. The number of hydrogen-bond acceptors (Lipinski definition) is 3. The first-order valence-electron chi connectivity index (χ1n) is 6.91. The van der Waals surface area contributed by atoms with Gasteiger partial charge in [0.2, 0.25) is 0 Å². The van der Waals surface area contributed by atoms with E-state index in [0.29, 0.717) is 12.2 Å². The Morgan fingerprint density at radius 2 is 2.11 bits per heavy atom. The second-order valence-electron chi connectivity index (χ2n) is 5.91. The highest BCUT2D eigenvalue weighted by molar-refractivity contribution is 5.34. The summed E-state index contributed by atoms with van der Waals surface area (Å²) in [6, 6.07) is 4.15. The molecule has 1 aromatic rings. The Labute approximate surface area is 115 Å². The van der Waals surface area contributed by atoms with Crippen molar-refractivity contribution < 1.29 is 5.11 Å². The number of nitriles is 1. The van der Waals surface area contributed by atoms with Gasteiger partial charge in [-0.1, -0.05) is 12.8 Å². The van der Waals surface area contributed by atoms with Crippen molar-refractivity contribution in [3.05, 3.63) is 23.0 Å². The van der Waals surface area contributed by atoms with Gasteiger partial charge in [0.25, 0.3) is 0 Å². The molecular formula is C15H23N3O. The fourth-order valence-electron chi connectivity index (χ4n) is 3.07. The summed E-state index contributed by atoms with van der Waals surface area (Å²) in [6.45, 7) is 3.53. The van der Waals surface area contributed by atoms with Crippen LogP contribution >= 0.6 is 0 Å². The third kappa shape index (κ3) is 2.99. The molecular weight excluding hydrogens is 238 g/mol. The van der Waals surface area contributed by atoms with Crippen molar-refractivity contribution in [2.24, 2.45) is 7.05 Å². The van der Waals surface area contributed by atoms with Crippen LogP contribution in [-0.4, -0.2) is 33.8 Å². The van der Waals surface area contributed by atoms with Crippen LogP contribution in [0.25, 0.3) is 0 Å². The smallest absolute Gasteiger partial charge is 0.120 e. The molecule has 4 heteroatoms. The van der Waals surface area contributed by atoms with Crippen LogP contribution < -0.4 is 0 Å². The van der Waals surface area contributed by atoms with E-state index in [-0.39, 0.29) is 0 Å². The summed E-state index contributed by atoms with van der Waals surface area (Å²) >= 11 is 0. The molecule has 0 bridgehead atoms. The molecule has 4 nitrogen and oxygen atoms in total. The Balaban J connectivity index is 2.03. The molecule has 0 saturated heterocycles. The fourth-order valence-corrected chi connectivity index (χ4v) is 3.07. The number of hydrogen-bond donors (Lipinski definition) is 1. The Hall–Kier alpha value is -1.31. The molecule has 1 fully saturated rings. The number of nitrogens with zero attached hydrogens (tertiary/aromatic N) is 3. The highest BCUT2D eigenvalue weighted by atomic mass is 16.3. The van der Waals surface area contributed by atoms with Gasteiger partial charge in [-0.2, -0.15) is 5.26 Å². The average molecular weight is 261 g/mol. The van der Waals surface area contributed by atoms with Gasteiger partial charge in [-0.3, -0.25) is 4.90 Å². The van der Waals surface area contributed by atoms with Gasteiger partial charge in [0.15, 0.2) is 0 Å². The van der Waals surface area contributed by atoms with Gasteiger partial charge in [0.1, 0.15) is 11.8 Å². The molecule has 1 aromatic heterocycles. The van der Waals surface area contributed by atoms with Crippen LogP contribution in [0.3, 0.4) is 0 Å². The lowest BCUT2D eigenvalue weighted by molar-refractivity contribution is 0.0145. The summed E-state index contributed by atoms with van der Waals surface area (Å²) in [4.78, 5) is 2.16. The van der Waals surface area contributed by atoms with E-state index in [1.165, 1.54) is 5.56 Å². The molecule has 2 rings (SSSR count). The molecule has 1 aliphatic carbocycles. The van der Waals surface area contributed by atoms with Crippen molar-refractivity contribution in [3.63, 3.8) is 0 Å². The molecule has 19 heavy (non-hydrogen) atoms. The van der Waals surface area contributed by atoms with Gasteiger partial charge in [-0.25, -0.2) is 0 Å². The maximum atomic E-state index is 10.4. The number of rotatable bonds is 4. The normalized spacial score (nSPS) is 17.9. The van der Waals surface area contributed by atoms with Crippen molar-refractivity contribution in [1.82, 2.24) is 9.47 Å². The molecule has 0 amide bonds. The molecule has 1 aliphatic rings. The van der Waals surface area contributed by atoms with E-state index in [2.05, 4.69) is 11.0 Å². The van der Waals surface area contributed by atoms with E-state index >= 15 is 0 Å². The SMILES string of the molecule is Cc1c(CN(C)CC2(O)CCCC2)cc(C#N)n1C. The minimum absolute atomic E-state index is 0.504. The van der Waals surface area contributed by atoms with Crippen molar-refractivity contribution >= 4 is 0 Å². The molecule has 1 N–H and O–H groups in total. The van der Waals surface area contributed by atoms with E-state index in [1.54, 1.807) is 0 Å². The van der Waals surface area contributed by atoms with Crippen LogP contribution in [0, 0.1) is 18.3 Å². The minimum Gasteiger partial charge on any atom is -0.389 e. The second-order valence-corrected chi connectivity index (χ2v) is 5.91. The Bertz CT molecular complexity index is 492. The molecule has 0 spiro atoms. The fraction of sp³-hybridized carbons (Fsp3) is 0.667. The number of likely N-dealkylation sites (N-methyl/N-ethyl adjacent to an activating group) is 1. The lowest BCUT2D eigenvalue weighted by Crippen LogP contribution is -2.38. The summed E-state index contributed by atoms with van der Waals surface area (Å²) in [5, 5.41) is 19.5. The van der Waals surface area contributed by atoms with Gasteiger partial charge >= 0.3 is 0 Å². The van der Waals surface area contributed by atoms with Crippen LogP contribution in [0.5, 0.6) is 0 Å². The monoisotopic (exact) mass is 261 g/mol. The molecule has 1 saturated carbocycles. The van der Waals surface area contributed by atoms with Gasteiger partial charge in [0.05, 0.1) is 5.60 Å². The van der Waals surface area contributed by atoms with E-state index in [9.17, 15) is 5.11 Å². The molecule has 0 aromatic carbocycles. The molecule has 0 radical (unpaired) electrons. The van der Waals surface area contributed by atoms with Crippen LogP contribution in [0.2, 0.25) is 0 Å². The Kier molecular flexibility index (Phi) is 3.98. The molecule has 1 heterocycles.